The fraction of sp³-hybridized carbons (Fsp3) is 0.167. The number of aromatic nitrogens is 2. The molecule has 0 bridgehead atoms. The van der Waals surface area contributed by atoms with Gasteiger partial charge >= 0.3 is 0 Å². The van der Waals surface area contributed by atoms with Gasteiger partial charge in [-0.25, -0.2) is 4.98 Å². The molecule has 1 aromatic heterocycles. The number of nitrogens with zero attached hydrogens (tertiary/aromatic N) is 3. The first-order valence-electron chi connectivity index (χ1n) is 3.02. The van der Waals surface area contributed by atoms with Gasteiger partial charge in [-0.2, -0.15) is 13.7 Å². The smallest absolute Gasteiger partial charge is 0.261 e. The van der Waals surface area contributed by atoms with Gasteiger partial charge in [0, 0.05) is 12.4 Å². The van der Waals surface area contributed by atoms with Crippen molar-refractivity contribution in [1.82, 2.24) is 9.97 Å². The summed E-state index contributed by atoms with van der Waals surface area (Å²) in [6.45, 7) is 0. The fourth-order valence-electron chi connectivity index (χ4n) is 0.357. The summed E-state index contributed by atoms with van der Waals surface area (Å²) in [4.78, 5) is 7.34. The molecule has 0 spiro atoms. The van der Waals surface area contributed by atoms with Gasteiger partial charge in [-0.3, -0.25) is 9.54 Å². The molecule has 0 aliphatic heterocycles. The quantitative estimate of drug-likeness (QED) is 0.557. The molecule has 1 aromatic rings. The second kappa shape index (κ2) is 6.90. The summed E-state index contributed by atoms with van der Waals surface area (Å²) in [6, 6.07) is 1.85. The number of nitriles is 1. The maximum atomic E-state index is 9.19. The van der Waals surface area contributed by atoms with Gasteiger partial charge < -0.3 is 5.48 Å². The van der Waals surface area contributed by atoms with E-state index in [1.54, 1.807) is 0 Å². The van der Waals surface area contributed by atoms with Gasteiger partial charge in [0.2, 0.25) is 0 Å². The first-order valence-corrected chi connectivity index (χ1v) is 4.87. The van der Waals surface area contributed by atoms with Crippen molar-refractivity contribution in [1.29, 1.82) is 5.26 Å². The summed E-state index contributed by atoms with van der Waals surface area (Å²) in [6.07, 6.45) is 5.15. The maximum absolute atomic E-state index is 9.19. The Hall–Kier alpha value is -1.56. The third-order valence-corrected chi connectivity index (χ3v) is 0.678. The third kappa shape index (κ3) is 13.1. The zero-order valence-corrected chi connectivity index (χ0v) is 8.06. The highest BCUT2D eigenvalue weighted by Gasteiger charge is 1.82. The Morgan fingerprint density at radius 2 is 2.00 bits per heavy atom. The van der Waals surface area contributed by atoms with Crippen LogP contribution in [0.3, 0.4) is 0 Å². The molecule has 0 aliphatic carbocycles. The molecule has 1 rings (SSSR count). The SMILES string of the molecule is CS(=O)(=O)O.N#Cc1cnccn1.O. The molecule has 0 aromatic carbocycles. The van der Waals surface area contributed by atoms with Crippen LogP contribution in [-0.2, 0) is 10.1 Å². The topological polar surface area (TPSA) is 135 Å². The Morgan fingerprint density at radius 1 is 1.50 bits per heavy atom. The summed E-state index contributed by atoms with van der Waals surface area (Å²) >= 11 is 0. The van der Waals surface area contributed by atoms with Crippen LogP contribution in [0, 0.1) is 11.3 Å². The Kier molecular flexibility index (Phi) is 7.36. The molecule has 0 fully saturated rings. The Bertz CT molecular complexity index is 375. The van der Waals surface area contributed by atoms with Crippen molar-refractivity contribution in [2.45, 2.75) is 0 Å². The van der Waals surface area contributed by atoms with Gasteiger partial charge in [0.1, 0.15) is 6.07 Å². The molecule has 0 saturated carbocycles. The molecule has 7 nitrogen and oxygen atoms in total. The first-order chi connectivity index (χ1) is 5.93. The van der Waals surface area contributed by atoms with Crippen molar-refractivity contribution in [3.63, 3.8) is 0 Å². The molecule has 0 saturated heterocycles. The van der Waals surface area contributed by atoms with Gasteiger partial charge in [0.25, 0.3) is 10.1 Å². The van der Waals surface area contributed by atoms with Crippen LogP contribution in [0.1, 0.15) is 5.69 Å². The van der Waals surface area contributed by atoms with Gasteiger partial charge in [-0.05, 0) is 0 Å². The highest BCUT2D eigenvalue weighted by Crippen LogP contribution is 1.82. The van der Waals surface area contributed by atoms with Gasteiger partial charge in [0.15, 0.2) is 5.69 Å². The van der Waals surface area contributed by atoms with E-state index in [1.165, 1.54) is 18.6 Å². The predicted octanol–water partition coefficient (Wildman–Crippen LogP) is -0.972. The van der Waals surface area contributed by atoms with E-state index < -0.39 is 10.1 Å². The molecule has 0 unspecified atom stereocenters. The summed E-state index contributed by atoms with van der Waals surface area (Å²) < 4.78 is 25.9. The normalized spacial score (nSPS) is 8.64. The lowest BCUT2D eigenvalue weighted by molar-refractivity contribution is 0.490. The average molecular weight is 219 g/mol. The van der Waals surface area contributed by atoms with Crippen LogP contribution >= 0.6 is 0 Å². The van der Waals surface area contributed by atoms with Crippen LogP contribution in [0.25, 0.3) is 0 Å². The summed E-state index contributed by atoms with van der Waals surface area (Å²) in [5.74, 6) is 0. The van der Waals surface area contributed by atoms with E-state index in [4.69, 9.17) is 9.81 Å². The molecular weight excluding hydrogens is 210 g/mol. The summed E-state index contributed by atoms with van der Waals surface area (Å²) in [5.41, 5.74) is 0.354. The van der Waals surface area contributed by atoms with E-state index >= 15 is 0 Å². The van der Waals surface area contributed by atoms with E-state index in [0.29, 0.717) is 11.9 Å². The van der Waals surface area contributed by atoms with Crippen molar-refractivity contribution >= 4 is 10.1 Å². The van der Waals surface area contributed by atoms with Crippen LogP contribution in [0.15, 0.2) is 18.6 Å². The Morgan fingerprint density at radius 3 is 2.21 bits per heavy atom. The largest absolute Gasteiger partial charge is 0.412 e. The van der Waals surface area contributed by atoms with E-state index in [0.717, 1.165) is 0 Å². The molecule has 0 amide bonds. The minimum atomic E-state index is -3.67. The summed E-state index contributed by atoms with van der Waals surface area (Å²) in [5, 5.41) is 8.19. The first kappa shape index (κ1) is 14.9. The highest BCUT2D eigenvalue weighted by atomic mass is 32.2. The molecule has 78 valence electrons. The maximum Gasteiger partial charge on any atom is 0.261 e. The molecule has 14 heavy (non-hydrogen) atoms. The molecule has 0 radical (unpaired) electrons. The fourth-order valence-corrected chi connectivity index (χ4v) is 0.357. The van der Waals surface area contributed by atoms with Crippen LogP contribution in [0.5, 0.6) is 0 Å². The van der Waals surface area contributed by atoms with Crippen molar-refractivity contribution in [2.75, 3.05) is 6.26 Å². The minimum absolute atomic E-state index is 0. The van der Waals surface area contributed by atoms with Crippen molar-refractivity contribution in [2.24, 2.45) is 0 Å². The third-order valence-electron chi connectivity index (χ3n) is 0.678. The lowest BCUT2D eigenvalue weighted by atomic mass is 10.5. The molecule has 3 N–H and O–H groups in total. The van der Waals surface area contributed by atoms with Crippen LogP contribution in [0.4, 0.5) is 0 Å². The standard InChI is InChI=1S/C5H3N3.CH4O3S.H2O/c6-3-5-4-7-1-2-8-5;1-5(2,3)4;/h1-2,4H;1H3,(H,2,3,4);1H2. The molecule has 0 atom stereocenters. The molecule has 0 aliphatic rings. The van der Waals surface area contributed by atoms with Crippen LogP contribution < -0.4 is 0 Å². The lowest BCUT2D eigenvalue weighted by Crippen LogP contribution is -1.88. The van der Waals surface area contributed by atoms with E-state index in [2.05, 4.69) is 9.97 Å². The molecule has 8 heteroatoms. The van der Waals surface area contributed by atoms with E-state index in [9.17, 15) is 8.42 Å². The zero-order chi connectivity index (χ0) is 10.3. The predicted molar refractivity (Wildman–Crippen MR) is 47.8 cm³/mol. The van der Waals surface area contributed by atoms with Gasteiger partial charge in [-0.15, -0.1) is 0 Å². The average Bonchev–Trinajstić information content (AvgIpc) is 2.03. The van der Waals surface area contributed by atoms with E-state index in [-0.39, 0.29) is 5.48 Å². The van der Waals surface area contributed by atoms with Gasteiger partial charge in [0.05, 0.1) is 12.5 Å². The Labute approximate surface area is 81.1 Å². The number of rotatable bonds is 0. The second-order valence-electron chi connectivity index (χ2n) is 1.94. The van der Waals surface area contributed by atoms with Crippen molar-refractivity contribution in [3.8, 4) is 6.07 Å². The monoisotopic (exact) mass is 219 g/mol. The lowest BCUT2D eigenvalue weighted by Gasteiger charge is -1.79. The summed E-state index contributed by atoms with van der Waals surface area (Å²) in [7, 11) is -3.67. The van der Waals surface area contributed by atoms with Crippen molar-refractivity contribution in [3.05, 3.63) is 24.3 Å². The second-order valence-corrected chi connectivity index (χ2v) is 3.40. The number of hydrogen-bond donors (Lipinski definition) is 1. The molecular formula is C6H9N3O4S. The van der Waals surface area contributed by atoms with Crippen LogP contribution in [-0.4, -0.2) is 34.7 Å². The number of hydrogen-bond acceptors (Lipinski definition) is 5. The zero-order valence-electron chi connectivity index (χ0n) is 7.25. The molecule has 1 heterocycles. The van der Waals surface area contributed by atoms with E-state index in [1.807, 2.05) is 6.07 Å². The minimum Gasteiger partial charge on any atom is -0.412 e. The van der Waals surface area contributed by atoms with Crippen LogP contribution in [0.2, 0.25) is 0 Å². The van der Waals surface area contributed by atoms with Crippen molar-refractivity contribution < 1.29 is 18.4 Å². The Balaban J connectivity index is 0. The highest BCUT2D eigenvalue weighted by molar-refractivity contribution is 7.85. The van der Waals surface area contributed by atoms with Gasteiger partial charge in [-0.1, -0.05) is 0 Å².